The first-order chi connectivity index (χ1) is 18.7. The van der Waals surface area contributed by atoms with Gasteiger partial charge in [-0.2, -0.15) is 0 Å². The minimum Gasteiger partial charge on any atom is -0.550 e. The van der Waals surface area contributed by atoms with Crippen molar-refractivity contribution in [3.8, 4) is 0 Å². The number of aliphatic carboxylic acids is 1. The molecule has 2 amide bonds. The van der Waals surface area contributed by atoms with Crippen molar-refractivity contribution in [3.05, 3.63) is 29.8 Å². The predicted molar refractivity (Wildman–Crippen MR) is 147 cm³/mol. The fraction of sp³-hybridized carbons (Fsp3) is 0.733. The summed E-state index contributed by atoms with van der Waals surface area (Å²) >= 11 is 0. The summed E-state index contributed by atoms with van der Waals surface area (Å²) in [5, 5.41) is 16.4. The maximum atomic E-state index is 12.6. The Hall–Kier alpha value is -1.20. The second-order valence-electron chi connectivity index (χ2n) is 11.2. The molecular weight excluding hydrogens is 523 g/mol. The zero-order valence-electron chi connectivity index (χ0n) is 25.0. The van der Waals surface area contributed by atoms with Gasteiger partial charge in [0.05, 0.1) is 6.04 Å². The molecule has 0 saturated carbocycles. The van der Waals surface area contributed by atoms with Crippen LogP contribution in [-0.4, -0.2) is 55.0 Å². The van der Waals surface area contributed by atoms with Gasteiger partial charge in [-0.1, -0.05) is 76.8 Å². The number of carboxylic acid groups (broad SMARTS) is 1. The van der Waals surface area contributed by atoms with E-state index < -0.39 is 30.2 Å². The van der Waals surface area contributed by atoms with Gasteiger partial charge < -0.3 is 39.5 Å². The van der Waals surface area contributed by atoms with E-state index in [1.807, 2.05) is 20.8 Å². The number of unbranched alkanes of at least 4 members (excludes halogenated alkanes) is 9. The van der Waals surface area contributed by atoms with Gasteiger partial charge in [0.1, 0.15) is 18.3 Å². The Kier molecular flexibility index (Phi) is 15.5. The molecule has 2 N–H and O–H groups in total. The van der Waals surface area contributed by atoms with Crippen LogP contribution in [0.3, 0.4) is 0 Å². The average molecular weight is 571 g/mol. The van der Waals surface area contributed by atoms with Crippen LogP contribution >= 0.6 is 0 Å². The van der Waals surface area contributed by atoms with Crippen LogP contribution in [0.2, 0.25) is 0 Å². The standard InChI is InChI=1S/C30H48N2O7.Na/c1-5-6-7-8-9-10-11-12-13-14-19-36-28-27-26(38-30(3,4)39-27)25(37-28)21(2)31-29(35)32-23-17-15-22(16-18-23)20-24(33)34;/h15-18,21,25-28H,5-14,19-20H2,1-4H3,(H,33,34)(H2,31,32,35);/q;+1/p-1/t21?,25-,26+,27+,28+;/m1./s1. The third-order valence-electron chi connectivity index (χ3n) is 7.24. The van der Waals surface area contributed by atoms with Crippen molar-refractivity contribution in [1.29, 1.82) is 0 Å². The summed E-state index contributed by atoms with van der Waals surface area (Å²) < 4.78 is 24.5. The van der Waals surface area contributed by atoms with E-state index in [0.717, 1.165) is 12.8 Å². The molecule has 0 aromatic heterocycles. The smallest absolute Gasteiger partial charge is 0.550 e. The Morgan fingerprint density at radius 2 is 1.52 bits per heavy atom. The van der Waals surface area contributed by atoms with Gasteiger partial charge in [0.2, 0.25) is 0 Å². The molecule has 220 valence electrons. The first-order valence-electron chi connectivity index (χ1n) is 14.7. The summed E-state index contributed by atoms with van der Waals surface area (Å²) in [6, 6.07) is 5.81. The summed E-state index contributed by atoms with van der Waals surface area (Å²) in [7, 11) is 0. The number of anilines is 1. The summed E-state index contributed by atoms with van der Waals surface area (Å²) in [5.41, 5.74) is 1.15. The number of urea groups is 1. The molecule has 1 aromatic carbocycles. The van der Waals surface area contributed by atoms with Crippen molar-refractivity contribution in [2.75, 3.05) is 11.9 Å². The molecule has 0 spiro atoms. The molecule has 1 unspecified atom stereocenters. The zero-order valence-corrected chi connectivity index (χ0v) is 27.0. The monoisotopic (exact) mass is 570 g/mol. The van der Waals surface area contributed by atoms with E-state index in [2.05, 4.69) is 17.6 Å². The number of benzene rings is 1. The molecule has 0 bridgehead atoms. The molecule has 5 atom stereocenters. The van der Waals surface area contributed by atoms with Crippen molar-refractivity contribution in [2.24, 2.45) is 0 Å². The van der Waals surface area contributed by atoms with Crippen molar-refractivity contribution in [2.45, 2.75) is 135 Å². The van der Waals surface area contributed by atoms with Crippen molar-refractivity contribution >= 4 is 17.7 Å². The summed E-state index contributed by atoms with van der Waals surface area (Å²) in [4.78, 5) is 23.4. The molecule has 9 nitrogen and oxygen atoms in total. The van der Waals surface area contributed by atoms with E-state index >= 15 is 0 Å². The number of carbonyl (C=O) groups excluding carboxylic acids is 2. The number of fused-ring (bicyclic) bond motifs is 1. The molecule has 2 saturated heterocycles. The third kappa shape index (κ3) is 11.6. The van der Waals surface area contributed by atoms with E-state index in [0.29, 0.717) is 17.9 Å². The zero-order chi connectivity index (χ0) is 28.3. The molecule has 2 aliphatic rings. The topological polar surface area (TPSA) is 118 Å². The van der Waals surface area contributed by atoms with E-state index in [1.165, 1.54) is 51.4 Å². The fourth-order valence-electron chi connectivity index (χ4n) is 5.25. The number of hydrogen-bond acceptors (Lipinski definition) is 7. The van der Waals surface area contributed by atoms with Crippen LogP contribution < -0.4 is 45.3 Å². The van der Waals surface area contributed by atoms with Crippen molar-refractivity contribution in [1.82, 2.24) is 5.32 Å². The number of rotatable bonds is 17. The molecular formula is C30H47N2NaO7. The van der Waals surface area contributed by atoms with Crippen LogP contribution in [0.1, 0.15) is 97.5 Å². The van der Waals surface area contributed by atoms with Crippen LogP contribution in [0, 0.1) is 0 Å². The molecule has 40 heavy (non-hydrogen) atoms. The molecule has 3 rings (SSSR count). The molecule has 0 aliphatic carbocycles. The third-order valence-corrected chi connectivity index (χ3v) is 7.24. The molecule has 1 aromatic rings. The van der Waals surface area contributed by atoms with Crippen LogP contribution in [0.15, 0.2) is 24.3 Å². The van der Waals surface area contributed by atoms with Crippen LogP contribution in [0.25, 0.3) is 0 Å². The van der Waals surface area contributed by atoms with Gasteiger partial charge >= 0.3 is 35.6 Å². The Morgan fingerprint density at radius 1 is 0.950 bits per heavy atom. The maximum absolute atomic E-state index is 12.6. The molecule has 2 heterocycles. The van der Waals surface area contributed by atoms with Crippen LogP contribution in [0.5, 0.6) is 0 Å². The van der Waals surface area contributed by atoms with Gasteiger partial charge in [-0.15, -0.1) is 0 Å². The van der Waals surface area contributed by atoms with E-state index in [-0.39, 0.29) is 54.2 Å². The predicted octanol–water partition coefficient (Wildman–Crippen LogP) is 1.68. The number of ether oxygens (including phenoxy) is 4. The first-order valence-corrected chi connectivity index (χ1v) is 14.7. The van der Waals surface area contributed by atoms with Gasteiger partial charge in [-0.05, 0) is 44.9 Å². The van der Waals surface area contributed by atoms with Crippen LogP contribution in [0.4, 0.5) is 10.5 Å². The molecule has 2 aliphatic heterocycles. The van der Waals surface area contributed by atoms with Gasteiger partial charge in [0, 0.05) is 24.7 Å². The van der Waals surface area contributed by atoms with E-state index in [4.69, 9.17) is 18.9 Å². The second kappa shape index (κ2) is 17.7. The maximum Gasteiger partial charge on any atom is 1.00 e. The summed E-state index contributed by atoms with van der Waals surface area (Å²) in [5.74, 6) is -1.91. The summed E-state index contributed by atoms with van der Waals surface area (Å²) in [6.07, 6.45) is 10.7. The second-order valence-corrected chi connectivity index (χ2v) is 11.2. The summed E-state index contributed by atoms with van der Waals surface area (Å²) in [6.45, 7) is 8.45. The van der Waals surface area contributed by atoms with Gasteiger partial charge in [0.25, 0.3) is 0 Å². The normalized spacial score (nSPS) is 23.7. The van der Waals surface area contributed by atoms with Crippen LogP contribution in [-0.2, 0) is 30.2 Å². The molecule has 2 fully saturated rings. The number of carbonyl (C=O) groups is 2. The number of amides is 2. The Bertz CT molecular complexity index is 899. The Balaban J connectivity index is 0.00000560. The fourth-order valence-corrected chi connectivity index (χ4v) is 5.25. The van der Waals surface area contributed by atoms with E-state index in [9.17, 15) is 14.7 Å². The molecule has 10 heteroatoms. The largest absolute Gasteiger partial charge is 1.00 e. The number of hydrogen-bond donors (Lipinski definition) is 2. The minimum atomic E-state index is -1.15. The van der Waals surface area contributed by atoms with Gasteiger partial charge in [-0.25, -0.2) is 4.79 Å². The Morgan fingerprint density at radius 3 is 2.12 bits per heavy atom. The van der Waals surface area contributed by atoms with Crippen molar-refractivity contribution in [3.63, 3.8) is 0 Å². The van der Waals surface area contributed by atoms with E-state index in [1.54, 1.807) is 24.3 Å². The average Bonchev–Trinajstić information content (AvgIpc) is 3.36. The van der Waals surface area contributed by atoms with Gasteiger partial charge in [-0.3, -0.25) is 0 Å². The quantitative estimate of drug-likeness (QED) is 0.216. The first kappa shape index (κ1) is 35.0. The minimum absolute atomic E-state index is 0. The van der Waals surface area contributed by atoms with Gasteiger partial charge in [0.15, 0.2) is 12.1 Å². The number of carboxylic acids is 1. The Labute approximate surface area is 261 Å². The van der Waals surface area contributed by atoms with Crippen molar-refractivity contribution < 1.29 is 63.2 Å². The SMILES string of the molecule is CCCCCCCCCCCCO[C@H]1O[C@H](C(C)NC(=O)Nc2ccc(CC(=O)[O-])cc2)[C@@H]2OC(C)(C)O[C@H]12.[Na+]. The molecule has 0 radical (unpaired) electrons. The number of nitrogens with one attached hydrogen (secondary N) is 2.